The zero-order chi connectivity index (χ0) is 7.84. The van der Waals surface area contributed by atoms with E-state index in [-0.39, 0.29) is 0 Å². The SMILES string of the molecule is CC1OC(C)C2CCCCC12. The minimum absolute atomic E-state index is 0.537. The van der Waals surface area contributed by atoms with Crippen LogP contribution in [-0.2, 0) is 4.74 Å². The first-order valence-electron chi connectivity index (χ1n) is 4.94. The van der Waals surface area contributed by atoms with Gasteiger partial charge in [-0.25, -0.2) is 0 Å². The highest BCUT2D eigenvalue weighted by atomic mass is 16.5. The van der Waals surface area contributed by atoms with Crippen LogP contribution in [0.1, 0.15) is 39.5 Å². The molecule has 0 radical (unpaired) electrons. The molecule has 1 nitrogen and oxygen atoms in total. The molecule has 4 unspecified atom stereocenters. The van der Waals surface area contributed by atoms with Crippen molar-refractivity contribution < 1.29 is 4.74 Å². The standard InChI is InChI=1S/C10H18O/c1-7-9-5-3-4-6-10(9)8(2)11-7/h7-10H,3-6H2,1-2H3. The molecular formula is C10H18O. The number of fused-ring (bicyclic) bond motifs is 1. The zero-order valence-corrected chi connectivity index (χ0v) is 7.55. The third-order valence-electron chi connectivity index (χ3n) is 3.51. The Balaban J connectivity index is 2.07. The fourth-order valence-corrected chi connectivity index (χ4v) is 2.89. The molecule has 1 saturated heterocycles. The van der Waals surface area contributed by atoms with Crippen LogP contribution in [0.2, 0.25) is 0 Å². The van der Waals surface area contributed by atoms with E-state index in [9.17, 15) is 0 Å². The molecule has 1 heterocycles. The summed E-state index contributed by atoms with van der Waals surface area (Å²) in [5.74, 6) is 1.78. The van der Waals surface area contributed by atoms with Crippen molar-refractivity contribution in [2.45, 2.75) is 51.7 Å². The average Bonchev–Trinajstić information content (AvgIpc) is 2.30. The molecule has 2 fully saturated rings. The van der Waals surface area contributed by atoms with Crippen molar-refractivity contribution >= 4 is 0 Å². The summed E-state index contributed by atoms with van der Waals surface area (Å²) in [6.07, 6.45) is 6.76. The predicted octanol–water partition coefficient (Wildman–Crippen LogP) is 2.60. The van der Waals surface area contributed by atoms with E-state index in [0.717, 1.165) is 11.8 Å². The Morgan fingerprint density at radius 3 is 1.82 bits per heavy atom. The Hall–Kier alpha value is -0.0400. The monoisotopic (exact) mass is 154 g/mol. The first kappa shape index (κ1) is 7.60. The van der Waals surface area contributed by atoms with Gasteiger partial charge in [0.2, 0.25) is 0 Å². The lowest BCUT2D eigenvalue weighted by molar-refractivity contribution is 0.0505. The second-order valence-corrected chi connectivity index (χ2v) is 4.16. The van der Waals surface area contributed by atoms with Crippen LogP contribution in [0.4, 0.5) is 0 Å². The summed E-state index contributed by atoms with van der Waals surface area (Å²) in [7, 11) is 0. The number of rotatable bonds is 0. The normalized spacial score (nSPS) is 50.7. The molecule has 1 saturated carbocycles. The van der Waals surface area contributed by atoms with E-state index in [2.05, 4.69) is 13.8 Å². The molecule has 4 atom stereocenters. The van der Waals surface area contributed by atoms with Crippen LogP contribution in [-0.4, -0.2) is 12.2 Å². The molecule has 0 aromatic rings. The highest BCUT2D eigenvalue weighted by Gasteiger charge is 2.40. The molecule has 0 N–H and O–H groups in total. The van der Waals surface area contributed by atoms with Gasteiger partial charge in [0.05, 0.1) is 12.2 Å². The summed E-state index contributed by atoms with van der Waals surface area (Å²) in [6.45, 7) is 4.49. The minimum atomic E-state index is 0.537. The van der Waals surface area contributed by atoms with Gasteiger partial charge < -0.3 is 4.74 Å². The van der Waals surface area contributed by atoms with Gasteiger partial charge >= 0.3 is 0 Å². The highest BCUT2D eigenvalue weighted by molar-refractivity contribution is 4.88. The van der Waals surface area contributed by atoms with E-state index in [0.29, 0.717) is 12.2 Å². The second kappa shape index (κ2) is 2.78. The number of hydrogen-bond donors (Lipinski definition) is 0. The Kier molecular flexibility index (Phi) is 1.92. The van der Waals surface area contributed by atoms with Crippen molar-refractivity contribution in [3.63, 3.8) is 0 Å². The summed E-state index contributed by atoms with van der Waals surface area (Å²) < 4.78 is 5.81. The molecule has 1 heteroatoms. The van der Waals surface area contributed by atoms with Gasteiger partial charge in [0, 0.05) is 0 Å². The first-order chi connectivity index (χ1) is 5.29. The number of hydrogen-bond acceptors (Lipinski definition) is 1. The molecule has 2 rings (SSSR count). The summed E-state index contributed by atoms with van der Waals surface area (Å²) in [5, 5.41) is 0. The third-order valence-corrected chi connectivity index (χ3v) is 3.51. The van der Waals surface area contributed by atoms with E-state index < -0.39 is 0 Å². The topological polar surface area (TPSA) is 9.23 Å². The Labute approximate surface area is 69.1 Å². The largest absolute Gasteiger partial charge is 0.375 e. The van der Waals surface area contributed by atoms with Crippen molar-refractivity contribution in [2.24, 2.45) is 11.8 Å². The van der Waals surface area contributed by atoms with Crippen LogP contribution in [0.25, 0.3) is 0 Å². The molecule has 0 amide bonds. The van der Waals surface area contributed by atoms with Crippen LogP contribution in [0.3, 0.4) is 0 Å². The van der Waals surface area contributed by atoms with Gasteiger partial charge in [-0.2, -0.15) is 0 Å². The maximum Gasteiger partial charge on any atom is 0.0582 e. The lowest BCUT2D eigenvalue weighted by Gasteiger charge is -2.26. The maximum atomic E-state index is 5.81. The number of ether oxygens (including phenoxy) is 1. The lowest BCUT2D eigenvalue weighted by Crippen LogP contribution is -2.23. The van der Waals surface area contributed by atoms with Gasteiger partial charge in [0.15, 0.2) is 0 Å². The van der Waals surface area contributed by atoms with Gasteiger partial charge in [-0.1, -0.05) is 12.8 Å². The Bertz CT molecular complexity index is 128. The van der Waals surface area contributed by atoms with Crippen LogP contribution in [0.5, 0.6) is 0 Å². The van der Waals surface area contributed by atoms with Crippen LogP contribution < -0.4 is 0 Å². The van der Waals surface area contributed by atoms with Crippen molar-refractivity contribution in [1.29, 1.82) is 0 Å². The van der Waals surface area contributed by atoms with Gasteiger partial charge in [0.1, 0.15) is 0 Å². The van der Waals surface area contributed by atoms with Crippen LogP contribution >= 0.6 is 0 Å². The zero-order valence-electron chi connectivity index (χ0n) is 7.55. The molecule has 1 aliphatic heterocycles. The molecule has 0 spiro atoms. The summed E-state index contributed by atoms with van der Waals surface area (Å²) in [5.41, 5.74) is 0. The summed E-state index contributed by atoms with van der Waals surface area (Å²) in [4.78, 5) is 0. The molecule has 0 aromatic heterocycles. The smallest absolute Gasteiger partial charge is 0.0582 e. The van der Waals surface area contributed by atoms with Crippen LogP contribution in [0.15, 0.2) is 0 Å². The average molecular weight is 154 g/mol. The predicted molar refractivity (Wildman–Crippen MR) is 45.5 cm³/mol. The van der Waals surface area contributed by atoms with Crippen molar-refractivity contribution in [2.75, 3.05) is 0 Å². The third kappa shape index (κ3) is 1.20. The molecule has 64 valence electrons. The van der Waals surface area contributed by atoms with Gasteiger partial charge in [-0.05, 0) is 38.5 Å². The van der Waals surface area contributed by atoms with Crippen molar-refractivity contribution in [3.05, 3.63) is 0 Å². The molecule has 0 aromatic carbocycles. The fourth-order valence-electron chi connectivity index (χ4n) is 2.89. The van der Waals surface area contributed by atoms with E-state index in [1.165, 1.54) is 25.7 Å². The fraction of sp³-hybridized carbons (Fsp3) is 1.00. The summed E-state index contributed by atoms with van der Waals surface area (Å²) >= 11 is 0. The van der Waals surface area contributed by atoms with Gasteiger partial charge in [0.25, 0.3) is 0 Å². The molecule has 2 aliphatic rings. The van der Waals surface area contributed by atoms with Crippen molar-refractivity contribution in [3.8, 4) is 0 Å². The van der Waals surface area contributed by atoms with E-state index >= 15 is 0 Å². The minimum Gasteiger partial charge on any atom is -0.375 e. The molecule has 11 heavy (non-hydrogen) atoms. The Morgan fingerprint density at radius 1 is 0.909 bits per heavy atom. The second-order valence-electron chi connectivity index (χ2n) is 4.16. The Morgan fingerprint density at radius 2 is 1.36 bits per heavy atom. The van der Waals surface area contributed by atoms with Crippen LogP contribution in [0, 0.1) is 11.8 Å². The van der Waals surface area contributed by atoms with E-state index in [4.69, 9.17) is 4.74 Å². The van der Waals surface area contributed by atoms with Gasteiger partial charge in [-0.3, -0.25) is 0 Å². The molecular weight excluding hydrogens is 136 g/mol. The van der Waals surface area contributed by atoms with Crippen molar-refractivity contribution in [1.82, 2.24) is 0 Å². The lowest BCUT2D eigenvalue weighted by atomic mass is 9.77. The quantitative estimate of drug-likeness (QED) is 0.521. The summed E-state index contributed by atoms with van der Waals surface area (Å²) in [6, 6.07) is 0. The van der Waals surface area contributed by atoms with E-state index in [1.807, 2.05) is 0 Å². The van der Waals surface area contributed by atoms with E-state index in [1.54, 1.807) is 0 Å². The molecule has 1 aliphatic carbocycles. The first-order valence-corrected chi connectivity index (χ1v) is 4.94. The van der Waals surface area contributed by atoms with Gasteiger partial charge in [-0.15, -0.1) is 0 Å². The highest BCUT2D eigenvalue weighted by Crippen LogP contribution is 2.42. The molecule has 0 bridgehead atoms. The maximum absolute atomic E-state index is 5.81.